The van der Waals surface area contributed by atoms with Crippen LogP contribution in [0.3, 0.4) is 0 Å². The van der Waals surface area contributed by atoms with Crippen molar-refractivity contribution in [3.05, 3.63) is 12.2 Å². The van der Waals surface area contributed by atoms with Gasteiger partial charge in [-0.2, -0.15) is 0 Å². The fourth-order valence-corrected chi connectivity index (χ4v) is 1.76. The molecule has 1 aromatic rings. The number of esters is 1. The molecule has 0 spiro atoms. The summed E-state index contributed by atoms with van der Waals surface area (Å²) in [5, 5.41) is 4.07. The molecular formula is C10H15N3O3. The minimum absolute atomic E-state index is 0.120. The lowest BCUT2D eigenvalue weighted by molar-refractivity contribution is 0.0572. The maximum atomic E-state index is 11.1. The zero-order chi connectivity index (χ0) is 11.4. The van der Waals surface area contributed by atoms with E-state index in [0.717, 1.165) is 32.6 Å². The van der Waals surface area contributed by atoms with Gasteiger partial charge in [-0.1, -0.05) is 0 Å². The van der Waals surface area contributed by atoms with Crippen LogP contribution in [0.1, 0.15) is 23.5 Å². The van der Waals surface area contributed by atoms with Gasteiger partial charge in [-0.25, -0.2) is 9.78 Å². The molecule has 6 heteroatoms. The van der Waals surface area contributed by atoms with Crippen LogP contribution >= 0.6 is 0 Å². The largest absolute Gasteiger partial charge is 0.463 e. The van der Waals surface area contributed by atoms with E-state index in [0.29, 0.717) is 5.92 Å². The summed E-state index contributed by atoms with van der Waals surface area (Å²) in [5.41, 5.74) is 0. The van der Waals surface area contributed by atoms with Gasteiger partial charge in [0.25, 0.3) is 5.82 Å². The lowest BCUT2D eigenvalue weighted by Gasteiger charge is -2.21. The molecule has 0 aliphatic carbocycles. The number of carbonyl (C=O) groups excluding carboxylic acids is 1. The highest BCUT2D eigenvalue weighted by atomic mass is 16.5. The molecular weight excluding hydrogens is 210 g/mol. The van der Waals surface area contributed by atoms with Crippen molar-refractivity contribution in [1.29, 1.82) is 0 Å². The Kier molecular flexibility index (Phi) is 3.51. The van der Waals surface area contributed by atoms with Gasteiger partial charge < -0.3 is 9.47 Å². The first-order valence-electron chi connectivity index (χ1n) is 5.35. The Hall–Kier alpha value is -1.43. The maximum Gasteiger partial charge on any atom is 0.377 e. The molecule has 1 saturated heterocycles. The highest BCUT2D eigenvalue weighted by Crippen LogP contribution is 2.16. The molecule has 6 nitrogen and oxygen atoms in total. The van der Waals surface area contributed by atoms with E-state index < -0.39 is 5.97 Å². The summed E-state index contributed by atoms with van der Waals surface area (Å²) in [6, 6.07) is 0. The van der Waals surface area contributed by atoms with Crippen molar-refractivity contribution < 1.29 is 14.3 Å². The third-order valence-corrected chi connectivity index (χ3v) is 2.69. The molecule has 1 aromatic heterocycles. The predicted octanol–water partition coefficient (Wildman–Crippen LogP) is 0.491. The zero-order valence-electron chi connectivity index (χ0n) is 9.26. The molecule has 0 bridgehead atoms. The average Bonchev–Trinajstić information content (AvgIpc) is 2.78. The number of hydrogen-bond acceptors (Lipinski definition) is 5. The first-order valence-corrected chi connectivity index (χ1v) is 5.35. The second kappa shape index (κ2) is 5.07. The first kappa shape index (κ1) is 11.1. The molecule has 0 unspecified atom stereocenters. The topological polar surface area (TPSA) is 66.2 Å². The van der Waals surface area contributed by atoms with Gasteiger partial charge >= 0.3 is 5.97 Å². The molecule has 0 radical (unpaired) electrons. The summed E-state index contributed by atoms with van der Waals surface area (Å²) in [5.74, 6) is 0.182. The van der Waals surface area contributed by atoms with E-state index >= 15 is 0 Å². The Labute approximate surface area is 93.6 Å². The Balaban J connectivity index is 1.94. The van der Waals surface area contributed by atoms with E-state index in [-0.39, 0.29) is 5.82 Å². The first-order chi connectivity index (χ1) is 7.79. The minimum Gasteiger partial charge on any atom is -0.463 e. The molecule has 2 heterocycles. The predicted molar refractivity (Wildman–Crippen MR) is 54.9 cm³/mol. The van der Waals surface area contributed by atoms with Gasteiger partial charge in [-0.15, -0.1) is 5.10 Å². The summed E-state index contributed by atoms with van der Waals surface area (Å²) in [6.07, 6.45) is 3.64. The zero-order valence-corrected chi connectivity index (χ0v) is 9.26. The second-order valence-electron chi connectivity index (χ2n) is 3.84. The quantitative estimate of drug-likeness (QED) is 0.700. The van der Waals surface area contributed by atoms with Crippen LogP contribution in [0.2, 0.25) is 0 Å². The van der Waals surface area contributed by atoms with Crippen molar-refractivity contribution in [3.63, 3.8) is 0 Å². The number of ether oxygens (including phenoxy) is 2. The normalized spacial score (nSPS) is 17.3. The second-order valence-corrected chi connectivity index (χ2v) is 3.84. The van der Waals surface area contributed by atoms with Gasteiger partial charge in [-0.05, 0) is 18.8 Å². The van der Waals surface area contributed by atoms with Gasteiger partial charge in [0.1, 0.15) is 6.33 Å². The molecule has 0 atom stereocenters. The molecule has 0 amide bonds. The summed E-state index contributed by atoms with van der Waals surface area (Å²) < 4.78 is 11.5. The van der Waals surface area contributed by atoms with Crippen molar-refractivity contribution in [2.75, 3.05) is 20.3 Å². The summed E-state index contributed by atoms with van der Waals surface area (Å²) in [6.45, 7) is 2.40. The van der Waals surface area contributed by atoms with Crippen LogP contribution in [-0.4, -0.2) is 41.1 Å². The number of nitrogens with zero attached hydrogens (tertiary/aromatic N) is 3. The fourth-order valence-electron chi connectivity index (χ4n) is 1.76. The lowest BCUT2D eigenvalue weighted by atomic mass is 10.0. The summed E-state index contributed by atoms with van der Waals surface area (Å²) in [4.78, 5) is 15.0. The number of hydrogen-bond donors (Lipinski definition) is 0. The molecule has 0 N–H and O–H groups in total. The molecule has 1 fully saturated rings. The molecule has 0 saturated carbocycles. The van der Waals surface area contributed by atoms with Crippen molar-refractivity contribution in [2.24, 2.45) is 5.92 Å². The van der Waals surface area contributed by atoms with Crippen LogP contribution in [-0.2, 0) is 16.0 Å². The van der Waals surface area contributed by atoms with Gasteiger partial charge in [0, 0.05) is 19.8 Å². The van der Waals surface area contributed by atoms with E-state index in [9.17, 15) is 4.79 Å². The van der Waals surface area contributed by atoms with Crippen LogP contribution in [0.4, 0.5) is 0 Å². The lowest BCUT2D eigenvalue weighted by Crippen LogP contribution is -2.20. The smallest absolute Gasteiger partial charge is 0.377 e. The monoisotopic (exact) mass is 225 g/mol. The number of aromatic nitrogens is 3. The van der Waals surface area contributed by atoms with Crippen LogP contribution in [0, 0.1) is 5.92 Å². The highest BCUT2D eigenvalue weighted by Gasteiger charge is 2.16. The van der Waals surface area contributed by atoms with Crippen LogP contribution in [0.15, 0.2) is 6.33 Å². The Bertz CT molecular complexity index is 358. The molecule has 88 valence electrons. The SMILES string of the molecule is COC(=O)c1ncn(CC2CCOCC2)n1. The Morgan fingerprint density at radius 2 is 2.38 bits per heavy atom. The maximum absolute atomic E-state index is 11.1. The standard InChI is InChI=1S/C10H15N3O3/c1-15-10(14)9-11-7-13(12-9)6-8-2-4-16-5-3-8/h7-8H,2-6H2,1H3. The van der Waals surface area contributed by atoms with Gasteiger partial charge in [0.15, 0.2) is 0 Å². The van der Waals surface area contributed by atoms with Crippen molar-refractivity contribution in [3.8, 4) is 0 Å². The molecule has 1 aliphatic heterocycles. The summed E-state index contributed by atoms with van der Waals surface area (Å²) >= 11 is 0. The Morgan fingerprint density at radius 1 is 1.62 bits per heavy atom. The molecule has 2 rings (SSSR count). The highest BCUT2D eigenvalue weighted by molar-refractivity contribution is 5.84. The third kappa shape index (κ3) is 2.57. The number of methoxy groups -OCH3 is 1. The summed E-state index contributed by atoms with van der Waals surface area (Å²) in [7, 11) is 1.32. The fraction of sp³-hybridized carbons (Fsp3) is 0.700. The van der Waals surface area contributed by atoms with E-state index in [4.69, 9.17) is 4.74 Å². The third-order valence-electron chi connectivity index (χ3n) is 2.69. The Morgan fingerprint density at radius 3 is 3.06 bits per heavy atom. The van der Waals surface area contributed by atoms with Crippen molar-refractivity contribution in [2.45, 2.75) is 19.4 Å². The van der Waals surface area contributed by atoms with Gasteiger partial charge in [0.05, 0.1) is 7.11 Å². The van der Waals surface area contributed by atoms with Crippen LogP contribution in [0.25, 0.3) is 0 Å². The molecule has 16 heavy (non-hydrogen) atoms. The minimum atomic E-state index is -0.495. The van der Waals surface area contributed by atoms with E-state index in [1.165, 1.54) is 7.11 Å². The molecule has 0 aromatic carbocycles. The number of carbonyl (C=O) groups is 1. The molecule has 1 aliphatic rings. The van der Waals surface area contributed by atoms with Crippen LogP contribution in [0.5, 0.6) is 0 Å². The average molecular weight is 225 g/mol. The van der Waals surface area contributed by atoms with Crippen molar-refractivity contribution in [1.82, 2.24) is 14.8 Å². The van der Waals surface area contributed by atoms with E-state index in [2.05, 4.69) is 14.8 Å². The van der Waals surface area contributed by atoms with Gasteiger partial charge in [-0.3, -0.25) is 4.68 Å². The van der Waals surface area contributed by atoms with Gasteiger partial charge in [0.2, 0.25) is 0 Å². The van der Waals surface area contributed by atoms with Crippen molar-refractivity contribution >= 4 is 5.97 Å². The van der Waals surface area contributed by atoms with E-state index in [1.54, 1.807) is 11.0 Å². The van der Waals surface area contributed by atoms with Crippen LogP contribution < -0.4 is 0 Å². The number of rotatable bonds is 3. The van der Waals surface area contributed by atoms with E-state index in [1.807, 2.05) is 0 Å².